The van der Waals surface area contributed by atoms with Crippen LogP contribution < -0.4 is 5.84 Å². The van der Waals surface area contributed by atoms with Crippen molar-refractivity contribution in [2.24, 2.45) is 0 Å². The van der Waals surface area contributed by atoms with Crippen LogP contribution in [0.1, 0.15) is 12.6 Å². The van der Waals surface area contributed by atoms with Gasteiger partial charge < -0.3 is 10.6 Å². The molecule has 0 aromatic carbocycles. The number of nitrogens with zero attached hydrogens (tertiary/aromatic N) is 2. The molecule has 0 aliphatic carbocycles. The topological polar surface area (TPSA) is 70.1 Å². The summed E-state index contributed by atoms with van der Waals surface area (Å²) in [6, 6.07) is 1.68. The van der Waals surface area contributed by atoms with Crippen LogP contribution in [0.2, 0.25) is 0 Å². The zero-order valence-electron chi connectivity index (χ0n) is 6.86. The van der Waals surface area contributed by atoms with Gasteiger partial charge in [-0.2, -0.15) is 9.89 Å². The predicted molar refractivity (Wildman–Crippen MR) is 42.7 cm³/mol. The van der Waals surface area contributed by atoms with Crippen LogP contribution >= 0.6 is 0 Å². The highest BCUT2D eigenvalue weighted by Crippen LogP contribution is 1.95. The van der Waals surface area contributed by atoms with E-state index >= 15 is 0 Å². The Hall–Kier alpha value is -1.52. The van der Waals surface area contributed by atoms with E-state index in [9.17, 15) is 4.79 Å². The van der Waals surface area contributed by atoms with Gasteiger partial charge in [-0.1, -0.05) is 0 Å². The lowest BCUT2D eigenvalue weighted by Gasteiger charge is -1.97. The van der Waals surface area contributed by atoms with Gasteiger partial charge in [-0.05, 0) is 13.0 Å². The van der Waals surface area contributed by atoms with E-state index in [4.69, 9.17) is 10.6 Å². The Morgan fingerprint density at radius 3 is 3.08 bits per heavy atom. The van der Waals surface area contributed by atoms with Crippen molar-refractivity contribution in [3.05, 3.63) is 18.0 Å². The van der Waals surface area contributed by atoms with Crippen molar-refractivity contribution >= 4 is 5.97 Å². The molecule has 0 amide bonds. The Bertz CT molecular complexity index is 269. The number of hydrogen-bond acceptors (Lipinski definition) is 4. The molecule has 5 heteroatoms. The molecule has 12 heavy (non-hydrogen) atoms. The van der Waals surface area contributed by atoms with Crippen molar-refractivity contribution in [2.45, 2.75) is 13.3 Å². The minimum atomic E-state index is -0.281. The molecule has 0 unspecified atom stereocenters. The van der Waals surface area contributed by atoms with Gasteiger partial charge in [-0.15, -0.1) is 0 Å². The van der Waals surface area contributed by atoms with Gasteiger partial charge in [0.2, 0.25) is 0 Å². The molecular formula is C7H11N3O2. The molecular weight excluding hydrogens is 158 g/mol. The molecule has 5 nitrogen and oxygen atoms in total. The van der Waals surface area contributed by atoms with Crippen molar-refractivity contribution in [2.75, 3.05) is 12.4 Å². The van der Waals surface area contributed by atoms with Crippen molar-refractivity contribution in [1.82, 2.24) is 9.89 Å². The summed E-state index contributed by atoms with van der Waals surface area (Å²) in [6.45, 7) is 2.15. The molecule has 2 N–H and O–H groups in total. The van der Waals surface area contributed by atoms with Crippen LogP contribution in [0.4, 0.5) is 0 Å². The maximum Gasteiger partial charge on any atom is 0.311 e. The number of carbonyl (C=O) groups excluding carboxylic acids is 1. The highest BCUT2D eigenvalue weighted by Gasteiger charge is 2.05. The second kappa shape index (κ2) is 3.75. The average Bonchev–Trinajstić information content (AvgIpc) is 2.36. The molecule has 0 saturated heterocycles. The number of hydrogen-bond donors (Lipinski definition) is 1. The second-order valence-corrected chi connectivity index (χ2v) is 2.27. The molecule has 0 spiro atoms. The first kappa shape index (κ1) is 8.58. The predicted octanol–water partition coefficient (Wildman–Crippen LogP) is -0.298. The molecule has 0 atom stereocenters. The number of nitrogen functional groups attached to an aromatic ring is 1. The first-order chi connectivity index (χ1) is 5.72. The average molecular weight is 169 g/mol. The van der Waals surface area contributed by atoms with E-state index < -0.39 is 0 Å². The Morgan fingerprint density at radius 1 is 1.83 bits per heavy atom. The zero-order chi connectivity index (χ0) is 8.97. The molecule has 0 saturated carbocycles. The summed E-state index contributed by atoms with van der Waals surface area (Å²) in [6.07, 6.45) is 1.76. The Balaban J connectivity index is 2.46. The number of esters is 1. The number of rotatable bonds is 3. The van der Waals surface area contributed by atoms with E-state index in [1.807, 2.05) is 0 Å². The minimum absolute atomic E-state index is 0.179. The molecule has 0 aliphatic rings. The van der Waals surface area contributed by atoms with E-state index in [0.717, 1.165) is 4.79 Å². The number of nitrogens with two attached hydrogens (primary N) is 1. The van der Waals surface area contributed by atoms with Gasteiger partial charge in [0.15, 0.2) is 0 Å². The fourth-order valence-electron chi connectivity index (χ4n) is 0.832. The lowest BCUT2D eigenvalue weighted by molar-refractivity contribution is -0.142. The fraction of sp³-hybridized carbons (Fsp3) is 0.429. The van der Waals surface area contributed by atoms with Crippen LogP contribution in [0.3, 0.4) is 0 Å². The maximum absolute atomic E-state index is 10.9. The van der Waals surface area contributed by atoms with Crippen molar-refractivity contribution in [1.29, 1.82) is 0 Å². The fourth-order valence-corrected chi connectivity index (χ4v) is 0.832. The van der Waals surface area contributed by atoms with Gasteiger partial charge in [-0.25, -0.2) is 0 Å². The molecule has 0 radical (unpaired) electrons. The normalized spacial score (nSPS) is 9.75. The monoisotopic (exact) mass is 169 g/mol. The van der Waals surface area contributed by atoms with Crippen LogP contribution in [-0.2, 0) is 16.0 Å². The molecule has 0 fully saturated rings. The van der Waals surface area contributed by atoms with Crippen LogP contribution in [0, 0.1) is 0 Å². The third kappa shape index (κ3) is 2.26. The summed E-state index contributed by atoms with van der Waals surface area (Å²) in [7, 11) is 0. The van der Waals surface area contributed by atoms with Gasteiger partial charge in [0, 0.05) is 6.20 Å². The number of ether oxygens (including phenoxy) is 1. The Kier molecular flexibility index (Phi) is 2.68. The molecule has 1 aromatic rings. The van der Waals surface area contributed by atoms with E-state index in [-0.39, 0.29) is 12.4 Å². The Labute approximate surface area is 70.1 Å². The smallest absolute Gasteiger partial charge is 0.311 e. The lowest BCUT2D eigenvalue weighted by atomic mass is 10.3. The highest BCUT2D eigenvalue weighted by molar-refractivity contribution is 5.71. The Morgan fingerprint density at radius 2 is 2.58 bits per heavy atom. The van der Waals surface area contributed by atoms with Crippen LogP contribution in [-0.4, -0.2) is 22.5 Å². The van der Waals surface area contributed by atoms with Gasteiger partial charge >= 0.3 is 5.97 Å². The lowest BCUT2D eigenvalue weighted by Crippen LogP contribution is -2.11. The molecule has 66 valence electrons. The number of aromatic nitrogens is 2. The summed E-state index contributed by atoms with van der Waals surface area (Å²) in [5.74, 6) is 5.00. The van der Waals surface area contributed by atoms with Crippen LogP contribution in [0.15, 0.2) is 12.3 Å². The van der Waals surface area contributed by atoms with Gasteiger partial charge in [0.1, 0.15) is 0 Å². The third-order valence-electron chi connectivity index (χ3n) is 1.29. The van der Waals surface area contributed by atoms with Crippen LogP contribution in [0.25, 0.3) is 0 Å². The second-order valence-electron chi connectivity index (χ2n) is 2.27. The zero-order valence-corrected chi connectivity index (χ0v) is 6.86. The summed E-state index contributed by atoms with van der Waals surface area (Å²) in [5.41, 5.74) is 0.621. The van der Waals surface area contributed by atoms with E-state index in [1.54, 1.807) is 19.2 Å². The van der Waals surface area contributed by atoms with E-state index in [0.29, 0.717) is 12.3 Å². The standard InChI is InChI=1S/C7H11N3O2/c1-2-12-7(11)5-6-3-4-10(8)9-6/h3-4H,2,5,8H2,1H3. The van der Waals surface area contributed by atoms with E-state index in [2.05, 4.69) is 5.10 Å². The van der Waals surface area contributed by atoms with Crippen molar-refractivity contribution < 1.29 is 9.53 Å². The minimum Gasteiger partial charge on any atom is -0.466 e. The van der Waals surface area contributed by atoms with Gasteiger partial charge in [0.05, 0.1) is 18.7 Å². The third-order valence-corrected chi connectivity index (χ3v) is 1.29. The highest BCUT2D eigenvalue weighted by atomic mass is 16.5. The molecule has 1 aromatic heterocycles. The largest absolute Gasteiger partial charge is 0.466 e. The molecule has 0 aliphatic heterocycles. The summed E-state index contributed by atoms with van der Waals surface area (Å²) >= 11 is 0. The summed E-state index contributed by atoms with van der Waals surface area (Å²) in [5, 5.41) is 3.83. The summed E-state index contributed by atoms with van der Waals surface area (Å²) < 4.78 is 4.73. The first-order valence-corrected chi connectivity index (χ1v) is 3.67. The summed E-state index contributed by atoms with van der Waals surface area (Å²) in [4.78, 5) is 12.1. The first-order valence-electron chi connectivity index (χ1n) is 3.67. The SMILES string of the molecule is CCOC(=O)Cc1ccn(N)n1. The van der Waals surface area contributed by atoms with Crippen molar-refractivity contribution in [3.8, 4) is 0 Å². The quantitative estimate of drug-likeness (QED) is 0.498. The van der Waals surface area contributed by atoms with E-state index in [1.165, 1.54) is 0 Å². The number of carbonyl (C=O) groups is 1. The van der Waals surface area contributed by atoms with Gasteiger partial charge in [0.25, 0.3) is 0 Å². The molecule has 0 bridgehead atoms. The van der Waals surface area contributed by atoms with Crippen molar-refractivity contribution in [3.63, 3.8) is 0 Å². The maximum atomic E-state index is 10.9. The van der Waals surface area contributed by atoms with Crippen LogP contribution in [0.5, 0.6) is 0 Å². The molecule has 1 rings (SSSR count). The molecule has 1 heterocycles. The van der Waals surface area contributed by atoms with Gasteiger partial charge in [-0.3, -0.25) is 4.79 Å².